The fraction of sp³-hybridized carbons (Fsp3) is 0.593. The van der Waals surface area contributed by atoms with Crippen LogP contribution in [-0.4, -0.2) is 46.6 Å². The van der Waals surface area contributed by atoms with Crippen molar-refractivity contribution in [1.82, 2.24) is 9.88 Å². The maximum absolute atomic E-state index is 13.1. The normalized spacial score (nSPS) is 29.5. The third-order valence-corrected chi connectivity index (χ3v) is 7.64. The summed E-state index contributed by atoms with van der Waals surface area (Å²) in [7, 11) is 1.67. The van der Waals surface area contributed by atoms with Crippen LogP contribution in [0.5, 0.6) is 5.75 Å². The molecular weight excluding hydrogens is 416 g/mol. The molecule has 4 rings (SSSR count). The summed E-state index contributed by atoms with van der Waals surface area (Å²) in [5.74, 6) is 0.822. The molecule has 3 heterocycles. The van der Waals surface area contributed by atoms with Gasteiger partial charge in [-0.1, -0.05) is 11.6 Å². The van der Waals surface area contributed by atoms with Gasteiger partial charge >= 0.3 is 6.09 Å². The maximum Gasteiger partial charge on any atom is 0.412 e. The lowest BCUT2D eigenvalue weighted by molar-refractivity contribution is -0.229. The van der Waals surface area contributed by atoms with Gasteiger partial charge < -0.3 is 19.2 Å². The molecule has 2 aliphatic rings. The van der Waals surface area contributed by atoms with E-state index in [1.54, 1.807) is 7.11 Å². The molecule has 0 spiro atoms. The van der Waals surface area contributed by atoms with E-state index in [0.717, 1.165) is 54.3 Å². The van der Waals surface area contributed by atoms with Crippen molar-refractivity contribution in [2.45, 2.75) is 90.1 Å². The predicted molar refractivity (Wildman–Crippen MR) is 131 cm³/mol. The van der Waals surface area contributed by atoms with Gasteiger partial charge in [-0.2, -0.15) is 0 Å². The van der Waals surface area contributed by atoms with E-state index in [2.05, 4.69) is 31.8 Å². The largest absolute Gasteiger partial charge is 0.497 e. The molecule has 1 aromatic heterocycles. The van der Waals surface area contributed by atoms with Crippen LogP contribution in [0.4, 0.5) is 4.79 Å². The predicted octanol–water partition coefficient (Wildman–Crippen LogP) is 6.35. The highest BCUT2D eigenvalue weighted by Gasteiger charge is 2.63. The SMILES string of the molecule is COc1ccc2[nH]cc(CCN3C(=O)O[C@@]4(C)CCC[C@@](C)(CCC=C(C)C)O[C@@]34C)c2c1. The zero-order chi connectivity index (χ0) is 23.9. The van der Waals surface area contributed by atoms with Crippen LogP contribution in [-0.2, 0) is 15.9 Å². The molecule has 2 aliphatic heterocycles. The van der Waals surface area contributed by atoms with Gasteiger partial charge in [0.05, 0.1) is 12.7 Å². The summed E-state index contributed by atoms with van der Waals surface area (Å²) in [6, 6.07) is 6.01. The minimum absolute atomic E-state index is 0.286. The monoisotopic (exact) mass is 454 g/mol. The Morgan fingerprint density at radius 3 is 2.76 bits per heavy atom. The second kappa shape index (κ2) is 8.71. The number of ether oxygens (including phenoxy) is 3. The molecule has 2 saturated heterocycles. The van der Waals surface area contributed by atoms with E-state index >= 15 is 0 Å². The number of carbonyl (C=O) groups excluding carboxylic acids is 1. The molecule has 6 heteroatoms. The molecular formula is C27H38N2O4. The van der Waals surface area contributed by atoms with Crippen molar-refractivity contribution in [3.63, 3.8) is 0 Å². The summed E-state index contributed by atoms with van der Waals surface area (Å²) in [5.41, 5.74) is 1.74. The molecule has 1 aromatic carbocycles. The topological polar surface area (TPSA) is 63.8 Å². The summed E-state index contributed by atoms with van der Waals surface area (Å²) in [6.45, 7) is 11.0. The number of benzene rings is 1. The van der Waals surface area contributed by atoms with Crippen molar-refractivity contribution in [3.05, 3.63) is 41.6 Å². The van der Waals surface area contributed by atoms with E-state index in [4.69, 9.17) is 14.2 Å². The van der Waals surface area contributed by atoms with Crippen molar-refractivity contribution >= 4 is 17.0 Å². The van der Waals surface area contributed by atoms with Crippen molar-refractivity contribution < 1.29 is 19.0 Å². The Kier molecular flexibility index (Phi) is 6.25. The van der Waals surface area contributed by atoms with Gasteiger partial charge in [0, 0.05) is 23.6 Å². The quantitative estimate of drug-likeness (QED) is 0.495. The van der Waals surface area contributed by atoms with Crippen molar-refractivity contribution in [2.24, 2.45) is 0 Å². The van der Waals surface area contributed by atoms with Crippen LogP contribution in [0.25, 0.3) is 10.9 Å². The Hall–Kier alpha value is -2.47. The molecule has 33 heavy (non-hydrogen) atoms. The molecule has 180 valence electrons. The minimum atomic E-state index is -0.815. The van der Waals surface area contributed by atoms with Gasteiger partial charge in [0.1, 0.15) is 5.75 Å². The first-order valence-corrected chi connectivity index (χ1v) is 12.1. The van der Waals surface area contributed by atoms with Gasteiger partial charge in [0.15, 0.2) is 11.3 Å². The van der Waals surface area contributed by atoms with E-state index < -0.39 is 11.3 Å². The Balaban J connectivity index is 1.57. The van der Waals surface area contributed by atoms with Crippen LogP contribution >= 0.6 is 0 Å². The van der Waals surface area contributed by atoms with Gasteiger partial charge in [-0.3, -0.25) is 4.90 Å². The number of carbonyl (C=O) groups is 1. The number of nitrogens with zero attached hydrogens (tertiary/aromatic N) is 1. The number of methoxy groups -OCH3 is 1. The number of aromatic amines is 1. The number of nitrogens with one attached hydrogen (secondary N) is 1. The Labute approximate surface area is 197 Å². The summed E-state index contributed by atoms with van der Waals surface area (Å²) in [5, 5.41) is 1.11. The van der Waals surface area contributed by atoms with Crippen molar-refractivity contribution in [3.8, 4) is 5.75 Å². The molecule has 0 unspecified atom stereocenters. The smallest absolute Gasteiger partial charge is 0.412 e. The highest BCUT2D eigenvalue weighted by atomic mass is 16.6. The van der Waals surface area contributed by atoms with E-state index in [9.17, 15) is 4.79 Å². The Morgan fingerprint density at radius 1 is 1.24 bits per heavy atom. The maximum atomic E-state index is 13.1. The van der Waals surface area contributed by atoms with Crippen molar-refractivity contribution in [2.75, 3.05) is 13.7 Å². The standard InChI is InChI=1S/C27H38N2O4/c1-19(2)9-7-13-25(3)14-8-15-26(4)27(5,33-25)29(24(30)32-26)16-12-20-18-28-23-11-10-21(31-6)17-22(20)23/h9-11,17-18,28H,7-8,12-16H2,1-6H3/t25-,26+,27-/m1/s1. The van der Waals surface area contributed by atoms with Crippen LogP contribution in [0.3, 0.4) is 0 Å². The molecule has 3 atom stereocenters. The lowest BCUT2D eigenvalue weighted by Crippen LogP contribution is -2.59. The number of hydrogen-bond acceptors (Lipinski definition) is 4. The number of amides is 1. The van der Waals surface area contributed by atoms with Gasteiger partial charge in [-0.15, -0.1) is 0 Å². The average Bonchev–Trinajstić information content (AvgIpc) is 3.18. The minimum Gasteiger partial charge on any atom is -0.497 e. The fourth-order valence-electron chi connectivity index (χ4n) is 5.45. The van der Waals surface area contributed by atoms with E-state index in [1.165, 1.54) is 5.57 Å². The molecule has 2 aromatic rings. The molecule has 0 aliphatic carbocycles. The molecule has 2 fully saturated rings. The average molecular weight is 455 g/mol. The molecule has 0 bridgehead atoms. The number of fused-ring (bicyclic) bond motifs is 2. The van der Waals surface area contributed by atoms with Crippen molar-refractivity contribution in [1.29, 1.82) is 0 Å². The molecule has 1 N–H and O–H groups in total. The second-order valence-electron chi connectivity index (χ2n) is 10.4. The Morgan fingerprint density at radius 2 is 2.03 bits per heavy atom. The molecule has 0 saturated carbocycles. The zero-order valence-electron chi connectivity index (χ0n) is 20.9. The van der Waals surface area contributed by atoms with E-state index in [1.807, 2.05) is 43.1 Å². The second-order valence-corrected chi connectivity index (χ2v) is 10.4. The number of aromatic nitrogens is 1. The lowest BCUT2D eigenvalue weighted by atomic mass is 9.88. The first kappa shape index (κ1) is 23.7. The van der Waals surface area contributed by atoms with Gasteiger partial charge in [0.2, 0.25) is 0 Å². The van der Waals surface area contributed by atoms with Crippen LogP contribution < -0.4 is 4.74 Å². The third kappa shape index (κ3) is 4.37. The highest BCUT2D eigenvalue weighted by Crippen LogP contribution is 2.49. The van der Waals surface area contributed by atoms with Crippen LogP contribution in [0.2, 0.25) is 0 Å². The van der Waals surface area contributed by atoms with Crippen LogP contribution in [0.15, 0.2) is 36.0 Å². The van der Waals surface area contributed by atoms with Gasteiger partial charge in [-0.05, 0) is 96.9 Å². The summed E-state index contributed by atoms with van der Waals surface area (Å²) >= 11 is 0. The highest BCUT2D eigenvalue weighted by molar-refractivity contribution is 5.84. The third-order valence-electron chi connectivity index (χ3n) is 7.64. The summed E-state index contributed by atoms with van der Waals surface area (Å²) < 4.78 is 18.3. The fourth-order valence-corrected chi connectivity index (χ4v) is 5.45. The first-order valence-electron chi connectivity index (χ1n) is 12.1. The number of hydrogen-bond donors (Lipinski definition) is 1. The van der Waals surface area contributed by atoms with Crippen LogP contribution in [0, 0.1) is 0 Å². The number of allylic oxidation sites excluding steroid dienone is 2. The van der Waals surface area contributed by atoms with E-state index in [0.29, 0.717) is 13.0 Å². The molecule has 0 radical (unpaired) electrons. The number of rotatable bonds is 7. The zero-order valence-corrected chi connectivity index (χ0v) is 20.9. The van der Waals surface area contributed by atoms with E-state index in [-0.39, 0.29) is 11.7 Å². The van der Waals surface area contributed by atoms with Gasteiger partial charge in [0.25, 0.3) is 0 Å². The molecule has 1 amide bonds. The first-order chi connectivity index (χ1) is 15.6. The lowest BCUT2D eigenvalue weighted by Gasteiger charge is -2.45. The Bertz CT molecular complexity index is 1060. The molecule has 6 nitrogen and oxygen atoms in total. The van der Waals surface area contributed by atoms with Crippen LogP contribution in [0.1, 0.15) is 72.3 Å². The summed E-state index contributed by atoms with van der Waals surface area (Å²) in [6.07, 6.45) is 9.32. The number of H-pyrrole nitrogens is 1. The summed E-state index contributed by atoms with van der Waals surface area (Å²) in [4.78, 5) is 18.2. The van der Waals surface area contributed by atoms with Gasteiger partial charge in [-0.25, -0.2) is 4.79 Å².